The van der Waals surface area contributed by atoms with Crippen molar-refractivity contribution in [1.29, 1.82) is 5.26 Å². The second-order valence-electron chi connectivity index (χ2n) is 8.65. The number of anilines is 1. The van der Waals surface area contributed by atoms with Crippen LogP contribution in [0.2, 0.25) is 0 Å². The number of para-hydroxylation sites is 1. The molecular weight excluding hydrogens is 442 g/mol. The number of ether oxygens (including phenoxy) is 1. The molecule has 0 saturated carbocycles. The smallest absolute Gasteiger partial charge is 0.257 e. The first-order valence-electron chi connectivity index (χ1n) is 11.6. The molecule has 0 radical (unpaired) electrons. The highest BCUT2D eigenvalue weighted by Gasteiger charge is 2.25. The monoisotopic (exact) mass is 467 g/mol. The number of benzene rings is 2. The van der Waals surface area contributed by atoms with Crippen molar-refractivity contribution >= 4 is 33.1 Å². The molecule has 34 heavy (non-hydrogen) atoms. The van der Waals surface area contributed by atoms with E-state index in [1.807, 2.05) is 61.5 Å². The number of nitrogens with one attached hydrogen (secondary N) is 1. The summed E-state index contributed by atoms with van der Waals surface area (Å²) in [5.41, 5.74) is 4.63. The molecule has 0 spiro atoms. The van der Waals surface area contributed by atoms with Gasteiger partial charge in [0.1, 0.15) is 16.8 Å². The minimum Gasteiger partial charge on any atom is -0.494 e. The van der Waals surface area contributed by atoms with Crippen molar-refractivity contribution in [2.75, 3.05) is 11.9 Å². The van der Waals surface area contributed by atoms with Crippen LogP contribution in [-0.2, 0) is 12.8 Å². The summed E-state index contributed by atoms with van der Waals surface area (Å²) in [6, 6.07) is 19.5. The number of carbonyl (C=O) groups is 1. The van der Waals surface area contributed by atoms with Gasteiger partial charge in [-0.1, -0.05) is 25.1 Å². The number of carbonyl (C=O) groups excluding carboxylic acids is 1. The van der Waals surface area contributed by atoms with Crippen LogP contribution >= 0.6 is 11.3 Å². The van der Waals surface area contributed by atoms with Crippen molar-refractivity contribution in [1.82, 2.24) is 4.98 Å². The summed E-state index contributed by atoms with van der Waals surface area (Å²) in [4.78, 5) is 19.6. The van der Waals surface area contributed by atoms with Crippen molar-refractivity contribution in [2.24, 2.45) is 5.92 Å². The molecule has 1 unspecified atom stereocenters. The quantitative estimate of drug-likeness (QED) is 0.358. The molecule has 1 N–H and O–H groups in total. The van der Waals surface area contributed by atoms with E-state index >= 15 is 0 Å². The minimum absolute atomic E-state index is 0.228. The Morgan fingerprint density at radius 1 is 1.24 bits per heavy atom. The molecule has 0 saturated heterocycles. The number of aromatic nitrogens is 1. The number of hydrogen-bond acceptors (Lipinski definition) is 5. The highest BCUT2D eigenvalue weighted by molar-refractivity contribution is 7.16. The number of rotatable bonds is 5. The molecule has 170 valence electrons. The molecule has 1 atom stereocenters. The lowest BCUT2D eigenvalue weighted by atomic mass is 9.88. The molecule has 5 rings (SSSR count). The maximum atomic E-state index is 13.5. The number of nitrogens with zero attached hydrogens (tertiary/aromatic N) is 2. The van der Waals surface area contributed by atoms with Crippen molar-refractivity contribution in [3.63, 3.8) is 0 Å². The van der Waals surface area contributed by atoms with E-state index in [2.05, 4.69) is 18.3 Å². The SMILES string of the molecule is CCOc1ccc(-c2cc(C(=O)Nc3sc4c(c3C#N)CCC(C)C4)c3ccccc3n2)cc1. The van der Waals surface area contributed by atoms with Gasteiger partial charge in [-0.25, -0.2) is 4.98 Å². The molecule has 0 aliphatic heterocycles. The Labute approximate surface area is 203 Å². The minimum atomic E-state index is -0.228. The summed E-state index contributed by atoms with van der Waals surface area (Å²) in [7, 11) is 0. The topological polar surface area (TPSA) is 75.0 Å². The number of nitriles is 1. The van der Waals surface area contributed by atoms with Gasteiger partial charge in [-0.05, 0) is 74.1 Å². The van der Waals surface area contributed by atoms with Gasteiger partial charge in [0.05, 0.1) is 28.9 Å². The number of pyridine rings is 1. The summed E-state index contributed by atoms with van der Waals surface area (Å²) in [6.07, 6.45) is 2.93. The average Bonchev–Trinajstić information content (AvgIpc) is 3.19. The van der Waals surface area contributed by atoms with Crippen molar-refractivity contribution < 1.29 is 9.53 Å². The molecule has 2 aromatic heterocycles. The lowest BCUT2D eigenvalue weighted by Gasteiger charge is -2.17. The van der Waals surface area contributed by atoms with Gasteiger partial charge >= 0.3 is 0 Å². The van der Waals surface area contributed by atoms with Crippen LogP contribution in [-0.4, -0.2) is 17.5 Å². The van der Waals surface area contributed by atoms with Crippen LogP contribution in [0.5, 0.6) is 5.75 Å². The van der Waals surface area contributed by atoms with Gasteiger partial charge in [-0.3, -0.25) is 4.79 Å². The molecule has 4 aromatic rings. The Kier molecular flexibility index (Phi) is 6.04. The molecule has 2 heterocycles. The fraction of sp³-hybridized carbons (Fsp3) is 0.250. The van der Waals surface area contributed by atoms with Crippen molar-refractivity contribution in [2.45, 2.75) is 33.1 Å². The van der Waals surface area contributed by atoms with Gasteiger partial charge in [0.15, 0.2) is 0 Å². The third kappa shape index (κ3) is 4.15. The van der Waals surface area contributed by atoms with Gasteiger partial charge < -0.3 is 10.1 Å². The number of thiophene rings is 1. The van der Waals surface area contributed by atoms with Crippen LogP contribution in [0.3, 0.4) is 0 Å². The van der Waals surface area contributed by atoms with Gasteiger partial charge in [0.2, 0.25) is 0 Å². The van der Waals surface area contributed by atoms with Crippen molar-refractivity contribution in [3.8, 4) is 23.1 Å². The Bertz CT molecular complexity index is 1420. The highest BCUT2D eigenvalue weighted by atomic mass is 32.1. The van der Waals surface area contributed by atoms with Crippen LogP contribution in [0.4, 0.5) is 5.00 Å². The largest absolute Gasteiger partial charge is 0.494 e. The van der Waals surface area contributed by atoms with Crippen LogP contribution in [0.25, 0.3) is 22.2 Å². The number of hydrogen-bond donors (Lipinski definition) is 1. The zero-order valence-corrected chi connectivity index (χ0v) is 20.0. The van der Waals surface area contributed by atoms with E-state index in [0.717, 1.165) is 47.0 Å². The van der Waals surface area contributed by atoms with Crippen LogP contribution < -0.4 is 10.1 Å². The molecule has 0 bridgehead atoms. The first kappa shape index (κ1) is 22.1. The van der Waals surface area contributed by atoms with Crippen LogP contribution in [0.1, 0.15) is 46.6 Å². The van der Waals surface area contributed by atoms with E-state index in [-0.39, 0.29) is 5.91 Å². The summed E-state index contributed by atoms with van der Waals surface area (Å²) in [5, 5.41) is 14.3. The van der Waals surface area contributed by atoms with Gasteiger partial charge in [-0.2, -0.15) is 5.26 Å². The Morgan fingerprint density at radius 3 is 2.79 bits per heavy atom. The maximum absolute atomic E-state index is 13.5. The summed E-state index contributed by atoms with van der Waals surface area (Å²) in [6.45, 7) is 4.79. The number of amides is 1. The van der Waals surface area contributed by atoms with E-state index in [1.54, 1.807) is 11.3 Å². The predicted octanol–water partition coefficient (Wildman–Crippen LogP) is 6.61. The lowest BCUT2D eigenvalue weighted by Crippen LogP contribution is -2.13. The Balaban J connectivity index is 1.53. The molecule has 0 fully saturated rings. The normalized spacial score (nSPS) is 14.9. The van der Waals surface area contributed by atoms with E-state index < -0.39 is 0 Å². The molecule has 2 aromatic carbocycles. The standard InChI is InChI=1S/C28H25N3O2S/c1-3-33-19-11-9-18(10-12-19)25-15-22(20-6-4-5-7-24(20)30-25)27(32)31-28-23(16-29)21-13-8-17(2)14-26(21)34-28/h4-7,9-12,15,17H,3,8,13-14H2,1-2H3,(H,31,32). The van der Waals surface area contributed by atoms with Crippen LogP contribution in [0, 0.1) is 17.2 Å². The van der Waals surface area contributed by atoms with E-state index in [9.17, 15) is 10.1 Å². The summed E-state index contributed by atoms with van der Waals surface area (Å²) < 4.78 is 5.55. The molecule has 1 amide bonds. The van der Waals surface area contributed by atoms with Crippen molar-refractivity contribution in [3.05, 3.63) is 76.2 Å². The summed E-state index contributed by atoms with van der Waals surface area (Å²) >= 11 is 1.54. The predicted molar refractivity (Wildman–Crippen MR) is 137 cm³/mol. The van der Waals surface area contributed by atoms with Crippen LogP contribution in [0.15, 0.2) is 54.6 Å². The first-order valence-corrected chi connectivity index (χ1v) is 12.4. The second-order valence-corrected chi connectivity index (χ2v) is 9.76. The third-order valence-corrected chi connectivity index (χ3v) is 7.44. The average molecular weight is 468 g/mol. The van der Waals surface area contributed by atoms with Gasteiger partial charge in [0.25, 0.3) is 5.91 Å². The first-order chi connectivity index (χ1) is 16.6. The van der Waals surface area contributed by atoms with E-state index in [1.165, 1.54) is 4.88 Å². The van der Waals surface area contributed by atoms with Gasteiger partial charge in [0, 0.05) is 15.8 Å². The summed E-state index contributed by atoms with van der Waals surface area (Å²) in [5.74, 6) is 1.17. The Morgan fingerprint density at radius 2 is 2.03 bits per heavy atom. The fourth-order valence-electron chi connectivity index (χ4n) is 4.53. The Hall–Kier alpha value is -3.69. The second kappa shape index (κ2) is 9.28. The third-order valence-electron chi connectivity index (χ3n) is 6.27. The number of fused-ring (bicyclic) bond motifs is 2. The molecule has 1 aliphatic carbocycles. The molecule has 6 heteroatoms. The molecule has 5 nitrogen and oxygen atoms in total. The van der Waals surface area contributed by atoms with Gasteiger partial charge in [-0.15, -0.1) is 11.3 Å². The van der Waals surface area contributed by atoms with E-state index in [4.69, 9.17) is 9.72 Å². The molecular formula is C28H25N3O2S. The molecule has 1 aliphatic rings. The lowest BCUT2D eigenvalue weighted by molar-refractivity contribution is 0.102. The zero-order valence-electron chi connectivity index (χ0n) is 19.2. The van der Waals surface area contributed by atoms with E-state index in [0.29, 0.717) is 34.3 Å². The zero-order chi connectivity index (χ0) is 23.7. The maximum Gasteiger partial charge on any atom is 0.257 e. The fourth-order valence-corrected chi connectivity index (χ4v) is 5.88. The highest BCUT2D eigenvalue weighted by Crippen LogP contribution is 2.39.